The molecule has 0 aromatic carbocycles. The summed E-state index contributed by atoms with van der Waals surface area (Å²) >= 11 is 0.874. The second-order valence-corrected chi connectivity index (χ2v) is 9.29. The molecule has 0 aliphatic heterocycles. The first-order chi connectivity index (χ1) is 7.18. The summed E-state index contributed by atoms with van der Waals surface area (Å²) in [5.41, 5.74) is 16.7. The fraction of sp³-hybridized carbons (Fsp3) is 1.00. The normalized spacial score (nSPS) is 12.2. The number of hydrogen-bond donors (Lipinski definition) is 3. The molecule has 6 N–H and O–H groups in total. The van der Waals surface area contributed by atoms with E-state index in [4.69, 9.17) is 17.2 Å². The standard InChI is InChI=1S/C11H29GeN3/c12-11(6-3-9-14,7-4-10-15)5-1-2-8-13/h1-10,13-15H2,12H3. The van der Waals surface area contributed by atoms with Crippen LogP contribution in [-0.4, -0.2) is 36.1 Å². The van der Waals surface area contributed by atoms with Crippen LogP contribution < -0.4 is 17.2 Å². The Labute approximate surface area is 103 Å². The van der Waals surface area contributed by atoms with Crippen molar-refractivity contribution in [3.05, 3.63) is 0 Å². The molecule has 0 aliphatic rings. The van der Waals surface area contributed by atoms with E-state index in [1.807, 2.05) is 0 Å². The summed E-state index contributed by atoms with van der Waals surface area (Å²) in [5.74, 6) is 0. The second kappa shape index (κ2) is 9.63. The average molecular weight is 276 g/mol. The molecule has 0 rings (SSSR count). The molecule has 0 fully saturated rings. The van der Waals surface area contributed by atoms with Crippen LogP contribution in [0.1, 0.15) is 44.9 Å². The van der Waals surface area contributed by atoms with Crippen molar-refractivity contribution in [3.8, 4) is 0 Å². The van der Waals surface area contributed by atoms with Gasteiger partial charge in [0.2, 0.25) is 0 Å². The molecule has 92 valence electrons. The van der Waals surface area contributed by atoms with Gasteiger partial charge < -0.3 is 0 Å². The van der Waals surface area contributed by atoms with Gasteiger partial charge in [0, 0.05) is 0 Å². The van der Waals surface area contributed by atoms with Crippen LogP contribution in [0.15, 0.2) is 0 Å². The van der Waals surface area contributed by atoms with Gasteiger partial charge in [-0.05, 0) is 0 Å². The fourth-order valence-electron chi connectivity index (χ4n) is 2.13. The SMILES string of the molecule is NCCCC[C]([GeH3])(CCCN)CCCN. The molecule has 0 aliphatic carbocycles. The van der Waals surface area contributed by atoms with E-state index in [9.17, 15) is 0 Å². The summed E-state index contributed by atoms with van der Waals surface area (Å²) in [7, 11) is 0. The molecule has 0 unspecified atom stereocenters. The minimum absolute atomic E-state index is 0.626. The summed E-state index contributed by atoms with van der Waals surface area (Å²) in [6, 6.07) is 0. The predicted molar refractivity (Wildman–Crippen MR) is 72.1 cm³/mol. The summed E-state index contributed by atoms with van der Waals surface area (Å²) in [6.45, 7) is 2.49. The van der Waals surface area contributed by atoms with Gasteiger partial charge in [0.1, 0.15) is 0 Å². The first kappa shape index (κ1) is 15.4. The van der Waals surface area contributed by atoms with E-state index in [0.717, 1.165) is 36.1 Å². The third kappa shape index (κ3) is 8.25. The van der Waals surface area contributed by atoms with Crippen LogP contribution in [-0.2, 0) is 0 Å². The molecule has 0 aromatic rings. The Morgan fingerprint density at radius 1 is 0.667 bits per heavy atom. The van der Waals surface area contributed by atoms with Crippen LogP contribution in [0.2, 0.25) is 4.25 Å². The van der Waals surface area contributed by atoms with Gasteiger partial charge in [0.25, 0.3) is 0 Å². The van der Waals surface area contributed by atoms with Gasteiger partial charge in [-0.1, -0.05) is 0 Å². The van der Waals surface area contributed by atoms with Crippen molar-refractivity contribution in [2.45, 2.75) is 49.2 Å². The summed E-state index contributed by atoms with van der Waals surface area (Å²) in [5, 5.41) is 0. The van der Waals surface area contributed by atoms with Crippen molar-refractivity contribution in [2.24, 2.45) is 17.2 Å². The molecule has 3 nitrogen and oxygen atoms in total. The summed E-state index contributed by atoms with van der Waals surface area (Å²) in [6.07, 6.45) is 8.78. The van der Waals surface area contributed by atoms with E-state index in [1.54, 1.807) is 0 Å². The minimum atomic E-state index is 0.626. The molecule has 0 heterocycles. The number of unbranched alkanes of at least 4 members (excludes halogenated alkanes) is 1. The molecule has 0 amide bonds. The molecule has 0 saturated carbocycles. The van der Waals surface area contributed by atoms with Crippen molar-refractivity contribution in [3.63, 3.8) is 0 Å². The van der Waals surface area contributed by atoms with E-state index < -0.39 is 0 Å². The van der Waals surface area contributed by atoms with E-state index in [-0.39, 0.29) is 0 Å². The van der Waals surface area contributed by atoms with E-state index in [2.05, 4.69) is 0 Å². The van der Waals surface area contributed by atoms with Crippen molar-refractivity contribution in [1.29, 1.82) is 0 Å². The van der Waals surface area contributed by atoms with Crippen molar-refractivity contribution >= 4 is 16.5 Å². The van der Waals surface area contributed by atoms with Crippen molar-refractivity contribution in [1.82, 2.24) is 0 Å². The third-order valence-electron chi connectivity index (χ3n) is 3.20. The van der Waals surface area contributed by atoms with Crippen LogP contribution in [0.4, 0.5) is 0 Å². The van der Waals surface area contributed by atoms with Gasteiger partial charge in [-0.3, -0.25) is 0 Å². The van der Waals surface area contributed by atoms with E-state index in [0.29, 0.717) is 4.25 Å². The van der Waals surface area contributed by atoms with Gasteiger partial charge >= 0.3 is 103 Å². The Morgan fingerprint density at radius 2 is 1.07 bits per heavy atom. The molecule has 0 spiro atoms. The molecule has 0 saturated heterocycles. The van der Waals surface area contributed by atoms with E-state index >= 15 is 0 Å². The Hall–Kier alpha value is 0.423. The van der Waals surface area contributed by atoms with Gasteiger partial charge in [0.05, 0.1) is 0 Å². The molecule has 0 aromatic heterocycles. The molecular weight excluding hydrogens is 247 g/mol. The average Bonchev–Trinajstić information content (AvgIpc) is 2.24. The zero-order valence-corrected chi connectivity index (χ0v) is 14.5. The van der Waals surface area contributed by atoms with Crippen LogP contribution >= 0.6 is 0 Å². The zero-order chi connectivity index (χ0) is 11.6. The predicted octanol–water partition coefficient (Wildman–Crippen LogP) is 0.117. The Bertz CT molecular complexity index is 134. The van der Waals surface area contributed by atoms with Gasteiger partial charge in [-0.15, -0.1) is 0 Å². The first-order valence-electron chi connectivity index (χ1n) is 6.29. The number of nitrogens with two attached hydrogens (primary N) is 3. The number of rotatable bonds is 10. The third-order valence-corrected chi connectivity index (χ3v) is 6.35. The first-order valence-corrected chi connectivity index (χ1v) is 8.38. The van der Waals surface area contributed by atoms with Crippen LogP contribution in [0.5, 0.6) is 0 Å². The maximum atomic E-state index is 5.60. The quantitative estimate of drug-likeness (QED) is 0.391. The number of hydrogen-bond acceptors (Lipinski definition) is 3. The van der Waals surface area contributed by atoms with E-state index in [1.165, 1.54) is 44.9 Å². The van der Waals surface area contributed by atoms with Gasteiger partial charge in [-0.2, -0.15) is 0 Å². The van der Waals surface area contributed by atoms with Crippen LogP contribution in [0, 0.1) is 0 Å². The fourth-order valence-corrected chi connectivity index (χ4v) is 4.35. The van der Waals surface area contributed by atoms with Gasteiger partial charge in [0.15, 0.2) is 0 Å². The van der Waals surface area contributed by atoms with Gasteiger partial charge in [-0.25, -0.2) is 0 Å². The molecule has 4 heteroatoms. The van der Waals surface area contributed by atoms with Crippen LogP contribution in [0.25, 0.3) is 0 Å². The van der Waals surface area contributed by atoms with Crippen molar-refractivity contribution in [2.75, 3.05) is 19.6 Å². The topological polar surface area (TPSA) is 78.1 Å². The molecule has 0 radical (unpaired) electrons. The zero-order valence-electron chi connectivity index (χ0n) is 10.3. The maximum absolute atomic E-state index is 5.60. The van der Waals surface area contributed by atoms with Crippen LogP contribution in [0.3, 0.4) is 0 Å². The molecule has 0 bridgehead atoms. The summed E-state index contributed by atoms with van der Waals surface area (Å²) in [4.78, 5) is 0. The Morgan fingerprint density at radius 3 is 1.47 bits per heavy atom. The second-order valence-electron chi connectivity index (χ2n) is 4.84. The molecule has 0 atom stereocenters. The van der Waals surface area contributed by atoms with Crippen molar-refractivity contribution < 1.29 is 0 Å². The summed E-state index contributed by atoms with van der Waals surface area (Å²) < 4.78 is 0.626. The monoisotopic (exact) mass is 277 g/mol. The molecule has 15 heavy (non-hydrogen) atoms. The Balaban J connectivity index is 3.89. The molecular formula is C11H29GeN3. The Kier molecular flexibility index (Phi) is 9.91.